The molecule has 0 spiro atoms. The van der Waals surface area contributed by atoms with Crippen molar-refractivity contribution in [1.82, 2.24) is 0 Å². The topological polar surface area (TPSA) is 98.0 Å². The van der Waals surface area contributed by atoms with Gasteiger partial charge in [0.1, 0.15) is 0 Å². The van der Waals surface area contributed by atoms with Gasteiger partial charge in [-0.25, -0.2) is 0 Å². The molecule has 2 aromatic carbocycles. The van der Waals surface area contributed by atoms with Crippen molar-refractivity contribution in [2.75, 3.05) is 31.4 Å². The van der Waals surface area contributed by atoms with Crippen LogP contribution in [0.1, 0.15) is 12.0 Å². The fourth-order valence-electron chi connectivity index (χ4n) is 2.36. The third kappa shape index (κ3) is 6.18. The van der Waals surface area contributed by atoms with E-state index in [9.17, 15) is 4.79 Å². The highest BCUT2D eigenvalue weighted by molar-refractivity contribution is 9.10. The molecule has 0 saturated carbocycles. The molecular weight excluding hydrogens is 412 g/mol. The van der Waals surface area contributed by atoms with E-state index in [0.717, 1.165) is 15.7 Å². The Morgan fingerprint density at radius 2 is 1.85 bits per heavy atom. The normalized spacial score (nSPS) is 11.0. The third-order valence-corrected chi connectivity index (χ3v) is 4.23. The lowest BCUT2D eigenvalue weighted by Gasteiger charge is -2.11. The lowest BCUT2D eigenvalue weighted by atomic mass is 10.2. The lowest BCUT2D eigenvalue weighted by Crippen LogP contribution is -2.23. The van der Waals surface area contributed by atoms with Crippen molar-refractivity contribution in [2.24, 2.45) is 10.7 Å². The van der Waals surface area contributed by atoms with Gasteiger partial charge < -0.3 is 25.8 Å². The van der Waals surface area contributed by atoms with Gasteiger partial charge in [-0.05, 0) is 42.8 Å². The van der Waals surface area contributed by atoms with Crippen LogP contribution < -0.4 is 25.8 Å². The van der Waals surface area contributed by atoms with Gasteiger partial charge in [0, 0.05) is 28.3 Å². The second-order valence-electron chi connectivity index (χ2n) is 5.72. The van der Waals surface area contributed by atoms with Crippen LogP contribution in [-0.4, -0.2) is 32.6 Å². The third-order valence-electron chi connectivity index (χ3n) is 3.74. The van der Waals surface area contributed by atoms with Crippen LogP contribution in [0.3, 0.4) is 0 Å². The molecule has 0 heterocycles. The minimum absolute atomic E-state index is 0.122. The van der Waals surface area contributed by atoms with Gasteiger partial charge in [0.05, 0.1) is 20.8 Å². The molecule has 0 radical (unpaired) electrons. The Kier molecular flexibility index (Phi) is 7.48. The summed E-state index contributed by atoms with van der Waals surface area (Å²) in [6.45, 7) is 2.21. The van der Waals surface area contributed by atoms with E-state index in [1.165, 1.54) is 0 Å². The molecule has 0 fully saturated rings. The molecule has 0 atom stereocenters. The number of hydrogen-bond donors (Lipinski definition) is 3. The first-order valence-corrected chi connectivity index (χ1v) is 9.07. The van der Waals surface area contributed by atoms with Gasteiger partial charge >= 0.3 is 0 Å². The number of nitrogens with one attached hydrogen (secondary N) is 2. The van der Waals surface area contributed by atoms with Gasteiger partial charge in [-0.2, -0.15) is 0 Å². The second-order valence-corrected chi connectivity index (χ2v) is 6.63. The molecule has 0 aliphatic rings. The van der Waals surface area contributed by atoms with Gasteiger partial charge in [-0.15, -0.1) is 0 Å². The van der Waals surface area contributed by atoms with Gasteiger partial charge in [0.15, 0.2) is 17.5 Å². The number of guanidine groups is 1. The molecular formula is C19H23BrN4O3. The van der Waals surface area contributed by atoms with Gasteiger partial charge in [-0.3, -0.25) is 9.79 Å². The average Bonchev–Trinajstić information content (AvgIpc) is 2.64. The lowest BCUT2D eigenvalue weighted by molar-refractivity contribution is -0.116. The van der Waals surface area contributed by atoms with E-state index in [-0.39, 0.29) is 24.8 Å². The summed E-state index contributed by atoms with van der Waals surface area (Å²) in [5.41, 5.74) is 8.35. The summed E-state index contributed by atoms with van der Waals surface area (Å²) in [5.74, 6) is 1.30. The maximum Gasteiger partial charge on any atom is 0.226 e. The van der Waals surface area contributed by atoms with E-state index in [1.54, 1.807) is 32.4 Å². The molecule has 144 valence electrons. The smallest absolute Gasteiger partial charge is 0.226 e. The summed E-state index contributed by atoms with van der Waals surface area (Å²) in [7, 11) is 3.13. The molecule has 1 amide bonds. The van der Waals surface area contributed by atoms with Crippen molar-refractivity contribution in [3.8, 4) is 11.5 Å². The first-order chi connectivity index (χ1) is 12.9. The van der Waals surface area contributed by atoms with Crippen molar-refractivity contribution in [3.05, 3.63) is 46.4 Å². The number of nitrogens with zero attached hydrogens (tertiary/aromatic N) is 1. The van der Waals surface area contributed by atoms with Crippen molar-refractivity contribution in [3.63, 3.8) is 0 Å². The Morgan fingerprint density at radius 1 is 1.11 bits per heavy atom. The highest BCUT2D eigenvalue weighted by Crippen LogP contribution is 2.29. The van der Waals surface area contributed by atoms with Crippen LogP contribution in [-0.2, 0) is 4.79 Å². The molecule has 4 N–H and O–H groups in total. The Hall–Kier alpha value is -2.74. The highest BCUT2D eigenvalue weighted by Gasteiger charge is 2.07. The zero-order chi connectivity index (χ0) is 19.8. The molecule has 2 aromatic rings. The van der Waals surface area contributed by atoms with E-state index in [2.05, 4.69) is 31.6 Å². The number of benzene rings is 2. The number of halogens is 1. The Bertz CT molecular complexity index is 840. The number of carbonyl (C=O) groups is 1. The number of methoxy groups -OCH3 is 2. The van der Waals surface area contributed by atoms with Crippen molar-refractivity contribution in [1.29, 1.82) is 0 Å². The summed E-state index contributed by atoms with van der Waals surface area (Å²) < 4.78 is 11.4. The molecule has 7 nitrogen and oxygen atoms in total. The number of aryl methyl sites for hydroxylation is 1. The van der Waals surface area contributed by atoms with Crippen LogP contribution in [0, 0.1) is 6.92 Å². The number of ether oxygens (including phenoxy) is 2. The largest absolute Gasteiger partial charge is 0.493 e. The molecule has 0 aliphatic carbocycles. The van der Waals surface area contributed by atoms with Gasteiger partial charge in [0.2, 0.25) is 5.91 Å². The van der Waals surface area contributed by atoms with E-state index in [1.807, 2.05) is 25.1 Å². The van der Waals surface area contributed by atoms with Crippen molar-refractivity contribution < 1.29 is 14.3 Å². The minimum atomic E-state index is -0.122. The Labute approximate surface area is 167 Å². The summed E-state index contributed by atoms with van der Waals surface area (Å²) in [6, 6.07) is 11.0. The molecule has 8 heteroatoms. The van der Waals surface area contributed by atoms with Crippen LogP contribution in [0.15, 0.2) is 45.9 Å². The summed E-state index contributed by atoms with van der Waals surface area (Å²) >= 11 is 3.40. The summed E-state index contributed by atoms with van der Waals surface area (Å²) in [5, 5.41) is 5.83. The molecule has 0 bridgehead atoms. The molecule has 0 unspecified atom stereocenters. The quantitative estimate of drug-likeness (QED) is 0.457. The molecule has 2 rings (SSSR count). The Morgan fingerprint density at radius 3 is 2.52 bits per heavy atom. The summed E-state index contributed by atoms with van der Waals surface area (Å²) in [4.78, 5) is 16.2. The molecule has 0 saturated heterocycles. The van der Waals surface area contributed by atoms with Crippen molar-refractivity contribution in [2.45, 2.75) is 13.3 Å². The van der Waals surface area contributed by atoms with E-state index >= 15 is 0 Å². The summed E-state index contributed by atoms with van der Waals surface area (Å²) in [6.07, 6.45) is 0.226. The maximum atomic E-state index is 12.1. The molecule has 0 aliphatic heterocycles. The maximum absolute atomic E-state index is 12.1. The highest BCUT2D eigenvalue weighted by atomic mass is 79.9. The zero-order valence-corrected chi connectivity index (χ0v) is 17.1. The van der Waals surface area contributed by atoms with Crippen LogP contribution in [0.5, 0.6) is 11.5 Å². The van der Waals surface area contributed by atoms with E-state index in [0.29, 0.717) is 17.2 Å². The number of nitrogens with two attached hydrogens (primary N) is 1. The number of amides is 1. The van der Waals surface area contributed by atoms with Crippen LogP contribution in [0.2, 0.25) is 0 Å². The van der Waals surface area contributed by atoms with Gasteiger partial charge in [0.25, 0.3) is 0 Å². The first-order valence-electron chi connectivity index (χ1n) is 8.28. The minimum Gasteiger partial charge on any atom is -0.493 e. The number of carbonyl (C=O) groups excluding carboxylic acids is 1. The predicted molar refractivity (Wildman–Crippen MR) is 112 cm³/mol. The number of aliphatic imine (C=N–C) groups is 1. The van der Waals surface area contributed by atoms with Crippen molar-refractivity contribution >= 4 is 39.2 Å². The zero-order valence-electron chi connectivity index (χ0n) is 15.5. The number of hydrogen-bond acceptors (Lipinski definition) is 4. The molecule has 27 heavy (non-hydrogen) atoms. The fourth-order valence-corrected chi connectivity index (χ4v) is 2.83. The molecule has 0 aromatic heterocycles. The van der Waals surface area contributed by atoms with E-state index in [4.69, 9.17) is 15.2 Å². The standard InChI is InChI=1S/C19H23BrN4O3/c1-12-10-13(20)4-6-15(12)24-18(25)8-9-22-19(21)23-14-5-7-16(26-2)17(11-14)27-3/h4-7,10-11H,8-9H2,1-3H3,(H,24,25)(H3,21,22,23). The van der Waals surface area contributed by atoms with Crippen LogP contribution in [0.4, 0.5) is 11.4 Å². The number of rotatable bonds is 7. The Balaban J connectivity index is 1.87. The van der Waals surface area contributed by atoms with Crippen LogP contribution >= 0.6 is 15.9 Å². The fraction of sp³-hybridized carbons (Fsp3) is 0.263. The SMILES string of the molecule is COc1ccc(NC(N)=NCCC(=O)Nc2ccc(Br)cc2C)cc1OC. The van der Waals surface area contributed by atoms with Gasteiger partial charge in [-0.1, -0.05) is 15.9 Å². The second kappa shape index (κ2) is 9.82. The monoisotopic (exact) mass is 434 g/mol. The van der Waals surface area contributed by atoms with Crippen LogP contribution in [0.25, 0.3) is 0 Å². The van der Waals surface area contributed by atoms with E-state index < -0.39 is 0 Å². The predicted octanol–water partition coefficient (Wildman–Crippen LogP) is 3.53. The number of anilines is 2. The first kappa shape index (κ1) is 20.6. The average molecular weight is 435 g/mol.